The van der Waals surface area contributed by atoms with E-state index in [2.05, 4.69) is 27.7 Å². The molecule has 12 heavy (non-hydrogen) atoms. The zero-order valence-electron chi connectivity index (χ0n) is 8.63. The second kappa shape index (κ2) is 5.99. The molecule has 0 unspecified atom stereocenters. The molecule has 0 spiro atoms. The van der Waals surface area contributed by atoms with Crippen LogP contribution in [0.15, 0.2) is 12.2 Å². The van der Waals surface area contributed by atoms with E-state index in [1.54, 1.807) is 6.08 Å². The van der Waals surface area contributed by atoms with E-state index >= 15 is 0 Å². The van der Waals surface area contributed by atoms with Crippen molar-refractivity contribution in [2.75, 3.05) is 0 Å². The normalized spacial score (nSPS) is 11.8. The molecule has 0 rings (SSSR count). The SMILES string of the molecule is CC(C)/C=C/C(=O)CCC(C)C. The Kier molecular flexibility index (Phi) is 5.69. The van der Waals surface area contributed by atoms with Gasteiger partial charge in [-0.15, -0.1) is 0 Å². The Labute approximate surface area is 75.9 Å². The zero-order chi connectivity index (χ0) is 9.56. The van der Waals surface area contributed by atoms with Crippen molar-refractivity contribution in [3.05, 3.63) is 12.2 Å². The fourth-order valence-electron chi connectivity index (χ4n) is 0.814. The first-order chi connectivity index (χ1) is 5.52. The van der Waals surface area contributed by atoms with Gasteiger partial charge in [-0.3, -0.25) is 4.79 Å². The van der Waals surface area contributed by atoms with Crippen LogP contribution in [0.3, 0.4) is 0 Å². The summed E-state index contributed by atoms with van der Waals surface area (Å²) in [5, 5.41) is 0. The maximum absolute atomic E-state index is 11.2. The lowest BCUT2D eigenvalue weighted by atomic mass is 10.0. The van der Waals surface area contributed by atoms with Crippen molar-refractivity contribution in [3.8, 4) is 0 Å². The lowest BCUT2D eigenvalue weighted by Gasteiger charge is -2.00. The first-order valence-corrected chi connectivity index (χ1v) is 4.73. The molecule has 0 saturated heterocycles. The molecule has 0 aliphatic heterocycles. The summed E-state index contributed by atoms with van der Waals surface area (Å²) in [5.74, 6) is 1.37. The van der Waals surface area contributed by atoms with Crippen molar-refractivity contribution in [1.29, 1.82) is 0 Å². The molecule has 0 aromatic rings. The number of rotatable bonds is 5. The van der Waals surface area contributed by atoms with E-state index < -0.39 is 0 Å². The highest BCUT2D eigenvalue weighted by atomic mass is 16.1. The summed E-state index contributed by atoms with van der Waals surface area (Å²) in [6, 6.07) is 0. The van der Waals surface area contributed by atoms with Crippen LogP contribution in [0.4, 0.5) is 0 Å². The maximum Gasteiger partial charge on any atom is 0.155 e. The second-order valence-electron chi connectivity index (χ2n) is 4.00. The van der Waals surface area contributed by atoms with Crippen LogP contribution in [-0.2, 0) is 4.79 Å². The fraction of sp³-hybridized carbons (Fsp3) is 0.727. The molecule has 0 N–H and O–H groups in total. The van der Waals surface area contributed by atoms with Crippen LogP contribution < -0.4 is 0 Å². The fourth-order valence-corrected chi connectivity index (χ4v) is 0.814. The largest absolute Gasteiger partial charge is 0.295 e. The minimum atomic E-state index is 0.261. The molecule has 0 bridgehead atoms. The van der Waals surface area contributed by atoms with Crippen LogP contribution in [0.1, 0.15) is 40.5 Å². The van der Waals surface area contributed by atoms with E-state index in [-0.39, 0.29) is 5.78 Å². The smallest absolute Gasteiger partial charge is 0.155 e. The molecular weight excluding hydrogens is 148 g/mol. The van der Waals surface area contributed by atoms with Gasteiger partial charge in [0.25, 0.3) is 0 Å². The van der Waals surface area contributed by atoms with Gasteiger partial charge in [-0.2, -0.15) is 0 Å². The molecule has 1 heteroatoms. The van der Waals surface area contributed by atoms with Crippen molar-refractivity contribution in [2.45, 2.75) is 40.5 Å². The molecule has 70 valence electrons. The molecule has 0 heterocycles. The second-order valence-corrected chi connectivity index (χ2v) is 4.00. The first kappa shape index (κ1) is 11.4. The Morgan fingerprint density at radius 2 is 1.83 bits per heavy atom. The number of allylic oxidation sites excluding steroid dienone is 2. The Bertz CT molecular complexity index is 154. The van der Waals surface area contributed by atoms with Gasteiger partial charge in [-0.1, -0.05) is 33.8 Å². The van der Waals surface area contributed by atoms with E-state index in [0.717, 1.165) is 6.42 Å². The molecule has 0 saturated carbocycles. The number of hydrogen-bond acceptors (Lipinski definition) is 1. The van der Waals surface area contributed by atoms with Gasteiger partial charge in [0.15, 0.2) is 5.78 Å². The van der Waals surface area contributed by atoms with Gasteiger partial charge < -0.3 is 0 Å². The molecule has 0 aromatic heterocycles. The monoisotopic (exact) mass is 168 g/mol. The van der Waals surface area contributed by atoms with Crippen molar-refractivity contribution < 1.29 is 4.79 Å². The molecule has 0 aliphatic carbocycles. The van der Waals surface area contributed by atoms with E-state index in [0.29, 0.717) is 18.3 Å². The summed E-state index contributed by atoms with van der Waals surface area (Å²) >= 11 is 0. The molecule has 0 aromatic carbocycles. The summed E-state index contributed by atoms with van der Waals surface area (Å²) in [5.41, 5.74) is 0. The maximum atomic E-state index is 11.2. The van der Waals surface area contributed by atoms with Gasteiger partial charge in [0, 0.05) is 6.42 Å². The van der Waals surface area contributed by atoms with Crippen molar-refractivity contribution in [2.24, 2.45) is 11.8 Å². The van der Waals surface area contributed by atoms with Gasteiger partial charge in [0.2, 0.25) is 0 Å². The number of hydrogen-bond donors (Lipinski definition) is 0. The average molecular weight is 168 g/mol. The van der Waals surface area contributed by atoms with E-state index in [1.807, 2.05) is 6.08 Å². The van der Waals surface area contributed by atoms with E-state index in [9.17, 15) is 4.79 Å². The third kappa shape index (κ3) is 7.52. The predicted molar refractivity (Wildman–Crippen MR) is 53.1 cm³/mol. The summed E-state index contributed by atoms with van der Waals surface area (Å²) < 4.78 is 0. The molecular formula is C11H20O. The van der Waals surface area contributed by atoms with Gasteiger partial charge in [0.05, 0.1) is 0 Å². The van der Waals surface area contributed by atoms with Crippen molar-refractivity contribution in [3.63, 3.8) is 0 Å². The van der Waals surface area contributed by atoms with Gasteiger partial charge in [-0.05, 0) is 24.3 Å². The summed E-state index contributed by atoms with van der Waals surface area (Å²) in [6.07, 6.45) is 5.37. The molecule has 0 amide bonds. The first-order valence-electron chi connectivity index (χ1n) is 4.73. The molecule has 0 atom stereocenters. The summed E-state index contributed by atoms with van der Waals surface area (Å²) in [7, 11) is 0. The van der Waals surface area contributed by atoms with Crippen LogP contribution in [-0.4, -0.2) is 5.78 Å². The Hall–Kier alpha value is -0.590. The molecule has 1 nitrogen and oxygen atoms in total. The van der Waals surface area contributed by atoms with Crippen molar-refractivity contribution in [1.82, 2.24) is 0 Å². The summed E-state index contributed by atoms with van der Waals surface area (Å²) in [6.45, 7) is 8.43. The molecule has 0 aliphatic rings. The average Bonchev–Trinajstić information content (AvgIpc) is 1.96. The van der Waals surface area contributed by atoms with Gasteiger partial charge >= 0.3 is 0 Å². The van der Waals surface area contributed by atoms with Crippen LogP contribution in [0, 0.1) is 11.8 Å². The number of ketones is 1. The lowest BCUT2D eigenvalue weighted by molar-refractivity contribution is -0.114. The highest BCUT2D eigenvalue weighted by molar-refractivity contribution is 5.89. The Morgan fingerprint density at radius 3 is 2.25 bits per heavy atom. The lowest BCUT2D eigenvalue weighted by Crippen LogP contribution is -1.96. The van der Waals surface area contributed by atoms with Crippen LogP contribution in [0.2, 0.25) is 0 Å². The predicted octanol–water partition coefficient (Wildman–Crippen LogP) is 3.20. The van der Waals surface area contributed by atoms with Crippen molar-refractivity contribution >= 4 is 5.78 Å². The third-order valence-electron chi connectivity index (χ3n) is 1.64. The topological polar surface area (TPSA) is 17.1 Å². The van der Waals surface area contributed by atoms with Crippen LogP contribution in [0.25, 0.3) is 0 Å². The van der Waals surface area contributed by atoms with Gasteiger partial charge in [0.1, 0.15) is 0 Å². The number of carbonyl (C=O) groups is 1. The molecule has 0 fully saturated rings. The van der Waals surface area contributed by atoms with Crippen LogP contribution >= 0.6 is 0 Å². The zero-order valence-corrected chi connectivity index (χ0v) is 8.63. The Balaban J connectivity index is 3.60. The van der Waals surface area contributed by atoms with Gasteiger partial charge in [-0.25, -0.2) is 0 Å². The standard InChI is InChI=1S/C11H20O/c1-9(2)5-7-11(12)8-6-10(3)4/h5,7,9-10H,6,8H2,1-4H3/b7-5+. The van der Waals surface area contributed by atoms with E-state index in [4.69, 9.17) is 0 Å². The highest BCUT2D eigenvalue weighted by Crippen LogP contribution is 2.05. The highest BCUT2D eigenvalue weighted by Gasteiger charge is 1.99. The summed E-state index contributed by atoms with van der Waals surface area (Å²) in [4.78, 5) is 11.2. The Morgan fingerprint density at radius 1 is 1.25 bits per heavy atom. The minimum Gasteiger partial charge on any atom is -0.295 e. The number of carbonyl (C=O) groups excluding carboxylic acids is 1. The quantitative estimate of drug-likeness (QED) is 0.576. The molecule has 0 radical (unpaired) electrons. The van der Waals surface area contributed by atoms with Crippen LogP contribution in [0.5, 0.6) is 0 Å². The van der Waals surface area contributed by atoms with E-state index in [1.165, 1.54) is 0 Å². The third-order valence-corrected chi connectivity index (χ3v) is 1.64. The minimum absolute atomic E-state index is 0.261.